The zero-order chi connectivity index (χ0) is 15.3. The monoisotopic (exact) mass is 326 g/mol. The Labute approximate surface area is 129 Å². The van der Waals surface area contributed by atoms with Gasteiger partial charge in [-0.15, -0.1) is 11.8 Å². The molecule has 0 aliphatic carbocycles. The summed E-state index contributed by atoms with van der Waals surface area (Å²) in [6, 6.07) is 7.81. The summed E-state index contributed by atoms with van der Waals surface area (Å²) in [7, 11) is -2.93. The molecular formula is C14H18N2O3S2. The lowest BCUT2D eigenvalue weighted by Crippen LogP contribution is -2.21. The lowest BCUT2D eigenvalue weighted by atomic mass is 10.1. The van der Waals surface area contributed by atoms with E-state index < -0.39 is 9.84 Å². The van der Waals surface area contributed by atoms with E-state index in [2.05, 4.69) is 10.5 Å². The Kier molecular flexibility index (Phi) is 5.41. The van der Waals surface area contributed by atoms with Gasteiger partial charge in [-0.25, -0.2) is 13.8 Å². The molecule has 0 unspecified atom stereocenters. The molecule has 0 radical (unpaired) electrons. The van der Waals surface area contributed by atoms with Crippen molar-refractivity contribution in [3.63, 3.8) is 0 Å². The Morgan fingerprint density at radius 2 is 2.14 bits per heavy atom. The maximum absolute atomic E-state index is 11.7. The molecule has 1 saturated heterocycles. The minimum absolute atomic E-state index is 0.0777. The van der Waals surface area contributed by atoms with Gasteiger partial charge in [0, 0.05) is 11.3 Å². The highest BCUT2D eigenvalue weighted by molar-refractivity contribution is 7.98. The minimum Gasteiger partial charge on any atom is -0.273 e. The smallest absolute Gasteiger partial charge is 0.240 e. The molecule has 7 heteroatoms. The summed E-state index contributed by atoms with van der Waals surface area (Å²) in [4.78, 5) is 12.8. The zero-order valence-electron chi connectivity index (χ0n) is 11.8. The third-order valence-corrected chi connectivity index (χ3v) is 5.90. The number of thioether (sulfide) groups is 1. The van der Waals surface area contributed by atoms with Crippen LogP contribution in [0.2, 0.25) is 0 Å². The van der Waals surface area contributed by atoms with E-state index in [0.29, 0.717) is 6.42 Å². The Balaban J connectivity index is 1.79. The summed E-state index contributed by atoms with van der Waals surface area (Å²) >= 11 is 1.66. The molecule has 1 atom stereocenters. The Bertz CT molecular complexity index is 624. The minimum atomic E-state index is -2.93. The van der Waals surface area contributed by atoms with E-state index in [4.69, 9.17) is 0 Å². The molecule has 0 saturated carbocycles. The van der Waals surface area contributed by atoms with Crippen LogP contribution in [0.5, 0.6) is 0 Å². The molecular weight excluding hydrogens is 308 g/mol. The van der Waals surface area contributed by atoms with Gasteiger partial charge in [-0.2, -0.15) is 5.10 Å². The molecule has 1 fully saturated rings. The number of amides is 1. The van der Waals surface area contributed by atoms with Crippen LogP contribution in [-0.2, 0) is 14.6 Å². The van der Waals surface area contributed by atoms with E-state index in [1.807, 2.05) is 30.5 Å². The molecule has 0 aromatic heterocycles. The van der Waals surface area contributed by atoms with Gasteiger partial charge in [0.25, 0.3) is 0 Å². The van der Waals surface area contributed by atoms with Crippen molar-refractivity contribution in [3.05, 3.63) is 29.8 Å². The predicted molar refractivity (Wildman–Crippen MR) is 85.3 cm³/mol. The number of rotatable bonds is 5. The summed E-state index contributed by atoms with van der Waals surface area (Å²) in [5.74, 6) is -0.0174. The number of hydrogen-bond acceptors (Lipinski definition) is 5. The first-order valence-corrected chi connectivity index (χ1v) is 9.69. The van der Waals surface area contributed by atoms with E-state index in [1.165, 1.54) is 4.90 Å². The summed E-state index contributed by atoms with van der Waals surface area (Å²) < 4.78 is 22.6. The van der Waals surface area contributed by atoms with Crippen LogP contribution in [0.25, 0.3) is 0 Å². The third-order valence-electron chi connectivity index (χ3n) is 3.32. The van der Waals surface area contributed by atoms with Crippen molar-refractivity contribution >= 4 is 33.7 Å². The Hall–Kier alpha value is -1.34. The molecule has 21 heavy (non-hydrogen) atoms. The molecule has 0 spiro atoms. The molecule has 1 amide bonds. The average molecular weight is 326 g/mol. The second-order valence-corrected chi connectivity index (χ2v) is 8.15. The van der Waals surface area contributed by atoms with Gasteiger partial charge in [-0.05, 0) is 36.3 Å². The van der Waals surface area contributed by atoms with Crippen molar-refractivity contribution in [3.8, 4) is 0 Å². The summed E-state index contributed by atoms with van der Waals surface area (Å²) in [5, 5.41) is 3.89. The quantitative estimate of drug-likeness (QED) is 0.507. The van der Waals surface area contributed by atoms with Crippen LogP contribution in [0.15, 0.2) is 34.3 Å². The number of hydrogen-bond donors (Lipinski definition) is 1. The molecule has 1 aliphatic rings. The number of benzene rings is 1. The fraction of sp³-hybridized carbons (Fsp3) is 0.429. The van der Waals surface area contributed by atoms with Gasteiger partial charge in [0.2, 0.25) is 5.91 Å². The zero-order valence-corrected chi connectivity index (χ0v) is 13.4. The highest BCUT2D eigenvalue weighted by Crippen LogP contribution is 2.21. The number of hydrazone groups is 1. The van der Waals surface area contributed by atoms with Crippen molar-refractivity contribution in [2.75, 3.05) is 17.8 Å². The molecule has 1 aromatic rings. The van der Waals surface area contributed by atoms with Crippen LogP contribution in [-0.4, -0.2) is 38.3 Å². The molecule has 5 nitrogen and oxygen atoms in total. The molecule has 1 aromatic carbocycles. The molecule has 1 N–H and O–H groups in total. The van der Waals surface area contributed by atoms with Gasteiger partial charge in [-0.3, -0.25) is 4.79 Å². The second-order valence-electron chi connectivity index (χ2n) is 5.04. The SMILES string of the molecule is CSc1ccc(/C=N\NC(=O)C[C@H]2CCS(=O)(=O)C2)cc1. The van der Waals surface area contributed by atoms with E-state index in [1.54, 1.807) is 18.0 Å². The van der Waals surface area contributed by atoms with Crippen LogP contribution in [0.3, 0.4) is 0 Å². The van der Waals surface area contributed by atoms with E-state index in [-0.39, 0.29) is 29.8 Å². The van der Waals surface area contributed by atoms with Crippen molar-refractivity contribution in [2.45, 2.75) is 17.7 Å². The van der Waals surface area contributed by atoms with E-state index >= 15 is 0 Å². The van der Waals surface area contributed by atoms with Gasteiger partial charge < -0.3 is 0 Å². The van der Waals surface area contributed by atoms with Crippen LogP contribution >= 0.6 is 11.8 Å². The Morgan fingerprint density at radius 1 is 1.43 bits per heavy atom. The topological polar surface area (TPSA) is 75.6 Å². The van der Waals surface area contributed by atoms with Crippen LogP contribution in [0.1, 0.15) is 18.4 Å². The molecule has 114 valence electrons. The van der Waals surface area contributed by atoms with Gasteiger partial charge >= 0.3 is 0 Å². The van der Waals surface area contributed by atoms with Crippen molar-refractivity contribution in [1.29, 1.82) is 0 Å². The highest BCUT2D eigenvalue weighted by Gasteiger charge is 2.29. The number of carbonyl (C=O) groups excluding carboxylic acids is 1. The second kappa shape index (κ2) is 7.09. The van der Waals surface area contributed by atoms with Gasteiger partial charge in [0.15, 0.2) is 9.84 Å². The first kappa shape index (κ1) is 16.0. The lowest BCUT2D eigenvalue weighted by molar-refractivity contribution is -0.121. The molecule has 2 rings (SSSR count). The normalized spacial score (nSPS) is 20.7. The Morgan fingerprint density at radius 3 is 2.71 bits per heavy atom. The van der Waals surface area contributed by atoms with Crippen molar-refractivity contribution in [1.82, 2.24) is 5.43 Å². The van der Waals surface area contributed by atoms with Gasteiger partial charge in [-0.1, -0.05) is 12.1 Å². The summed E-state index contributed by atoms with van der Waals surface area (Å²) in [6.07, 6.45) is 4.36. The largest absolute Gasteiger partial charge is 0.273 e. The number of nitrogens with zero attached hydrogens (tertiary/aromatic N) is 1. The van der Waals surface area contributed by atoms with E-state index in [0.717, 1.165) is 5.56 Å². The molecule has 1 heterocycles. The van der Waals surface area contributed by atoms with Gasteiger partial charge in [0.1, 0.15) is 0 Å². The summed E-state index contributed by atoms with van der Waals surface area (Å²) in [5.41, 5.74) is 3.34. The number of sulfone groups is 1. The number of carbonyl (C=O) groups is 1. The number of nitrogens with one attached hydrogen (secondary N) is 1. The lowest BCUT2D eigenvalue weighted by Gasteiger charge is -2.05. The third kappa shape index (κ3) is 5.17. The maximum atomic E-state index is 11.7. The maximum Gasteiger partial charge on any atom is 0.240 e. The fourth-order valence-electron chi connectivity index (χ4n) is 2.21. The van der Waals surface area contributed by atoms with Crippen molar-refractivity contribution in [2.24, 2.45) is 11.0 Å². The van der Waals surface area contributed by atoms with E-state index in [9.17, 15) is 13.2 Å². The van der Waals surface area contributed by atoms with Crippen LogP contribution in [0, 0.1) is 5.92 Å². The molecule has 1 aliphatic heterocycles. The highest BCUT2D eigenvalue weighted by atomic mass is 32.2. The average Bonchev–Trinajstić information content (AvgIpc) is 2.78. The standard InChI is InChI=1S/C14H18N2O3S2/c1-20-13-4-2-11(3-5-13)9-15-16-14(17)8-12-6-7-21(18,19)10-12/h2-5,9,12H,6-8,10H2,1H3,(H,16,17)/b15-9-/t12-/m1/s1. The van der Waals surface area contributed by atoms with Gasteiger partial charge in [0.05, 0.1) is 17.7 Å². The van der Waals surface area contributed by atoms with Crippen molar-refractivity contribution < 1.29 is 13.2 Å². The first-order chi connectivity index (χ1) is 9.98. The van der Waals surface area contributed by atoms with Crippen LogP contribution in [0.4, 0.5) is 0 Å². The summed E-state index contributed by atoms with van der Waals surface area (Å²) in [6.45, 7) is 0. The predicted octanol–water partition coefficient (Wildman–Crippen LogP) is 1.68. The first-order valence-electron chi connectivity index (χ1n) is 6.65. The van der Waals surface area contributed by atoms with Crippen LogP contribution < -0.4 is 5.43 Å². The molecule has 0 bridgehead atoms. The fourth-order valence-corrected chi connectivity index (χ4v) is 4.48.